The second kappa shape index (κ2) is 8.67. The predicted octanol–water partition coefficient (Wildman–Crippen LogP) is 1.76. The van der Waals surface area contributed by atoms with Crippen LogP contribution in [-0.4, -0.2) is 24.5 Å². The quantitative estimate of drug-likeness (QED) is 0.723. The van der Waals surface area contributed by atoms with Crippen molar-refractivity contribution in [1.82, 2.24) is 10.6 Å². The summed E-state index contributed by atoms with van der Waals surface area (Å²) in [5.41, 5.74) is 6.99. The van der Waals surface area contributed by atoms with Gasteiger partial charge >= 0.3 is 6.03 Å². The van der Waals surface area contributed by atoms with Gasteiger partial charge in [0.25, 0.3) is 0 Å². The van der Waals surface area contributed by atoms with Crippen LogP contribution in [0.25, 0.3) is 0 Å². The lowest BCUT2D eigenvalue weighted by Gasteiger charge is -2.17. The Hall–Kier alpha value is -2.89. The number of rotatable bonds is 7. The minimum absolute atomic E-state index is 0.295. The number of nitrogens with one attached hydrogen (secondary N) is 2. The number of amides is 3. The van der Waals surface area contributed by atoms with E-state index in [1.165, 1.54) is 12.1 Å². The third kappa shape index (κ3) is 5.72. The van der Waals surface area contributed by atoms with E-state index < -0.39 is 12.1 Å². The molecule has 0 aliphatic carbocycles. The summed E-state index contributed by atoms with van der Waals surface area (Å²) in [6, 6.07) is 14.0. The van der Waals surface area contributed by atoms with Crippen molar-refractivity contribution in [2.24, 2.45) is 5.73 Å². The van der Waals surface area contributed by atoms with Gasteiger partial charge in [0.1, 0.15) is 11.9 Å². The number of benzene rings is 2. The normalized spacial score (nSPS) is 11.5. The SMILES string of the molecule is NC(=O)NC(Cc1ccccc1)C(=O)NCCc1ccc(F)cc1. The van der Waals surface area contributed by atoms with E-state index in [1.807, 2.05) is 30.3 Å². The van der Waals surface area contributed by atoms with Crippen molar-refractivity contribution in [3.8, 4) is 0 Å². The highest BCUT2D eigenvalue weighted by Crippen LogP contribution is 2.05. The molecule has 5 nitrogen and oxygen atoms in total. The third-order valence-electron chi connectivity index (χ3n) is 3.54. The lowest BCUT2D eigenvalue weighted by molar-refractivity contribution is -0.122. The molecule has 1 atom stereocenters. The predicted molar refractivity (Wildman–Crippen MR) is 89.8 cm³/mol. The van der Waals surface area contributed by atoms with E-state index in [-0.39, 0.29) is 11.7 Å². The molecule has 0 aromatic heterocycles. The fraction of sp³-hybridized carbons (Fsp3) is 0.222. The number of hydrogen-bond donors (Lipinski definition) is 3. The Morgan fingerprint density at radius 1 is 1.00 bits per heavy atom. The zero-order chi connectivity index (χ0) is 17.4. The Morgan fingerprint density at radius 3 is 2.29 bits per heavy atom. The number of halogens is 1. The molecule has 0 radical (unpaired) electrons. The summed E-state index contributed by atoms with van der Waals surface area (Å²) in [7, 11) is 0. The Balaban J connectivity index is 1.89. The molecule has 0 spiro atoms. The van der Waals surface area contributed by atoms with Crippen LogP contribution in [0.15, 0.2) is 54.6 Å². The largest absolute Gasteiger partial charge is 0.354 e. The average molecular weight is 329 g/mol. The zero-order valence-electron chi connectivity index (χ0n) is 13.2. The molecule has 2 aromatic rings. The van der Waals surface area contributed by atoms with Gasteiger partial charge in [0, 0.05) is 13.0 Å². The lowest BCUT2D eigenvalue weighted by atomic mass is 10.1. The fourth-order valence-corrected chi connectivity index (χ4v) is 2.34. The van der Waals surface area contributed by atoms with E-state index in [2.05, 4.69) is 10.6 Å². The minimum atomic E-state index is -0.746. The van der Waals surface area contributed by atoms with Gasteiger partial charge in [-0.3, -0.25) is 4.79 Å². The van der Waals surface area contributed by atoms with E-state index in [4.69, 9.17) is 5.73 Å². The highest BCUT2D eigenvalue weighted by atomic mass is 19.1. The van der Waals surface area contributed by atoms with Gasteiger partial charge in [-0.15, -0.1) is 0 Å². The van der Waals surface area contributed by atoms with Gasteiger partial charge in [0.05, 0.1) is 0 Å². The molecule has 2 aromatic carbocycles. The molecular weight excluding hydrogens is 309 g/mol. The third-order valence-corrected chi connectivity index (χ3v) is 3.54. The summed E-state index contributed by atoms with van der Waals surface area (Å²) in [5.74, 6) is -0.601. The van der Waals surface area contributed by atoms with Crippen molar-refractivity contribution in [1.29, 1.82) is 0 Å². The Labute approximate surface area is 140 Å². The van der Waals surface area contributed by atoms with E-state index in [0.717, 1.165) is 11.1 Å². The van der Waals surface area contributed by atoms with Gasteiger partial charge in [-0.1, -0.05) is 42.5 Å². The number of primary amides is 1. The van der Waals surface area contributed by atoms with Crippen molar-refractivity contribution < 1.29 is 14.0 Å². The molecule has 126 valence electrons. The van der Waals surface area contributed by atoms with Crippen molar-refractivity contribution in [2.75, 3.05) is 6.54 Å². The number of carbonyl (C=O) groups is 2. The standard InChI is InChI=1S/C18H20FN3O2/c19-15-8-6-13(7-9-15)10-11-21-17(23)16(22-18(20)24)12-14-4-2-1-3-5-14/h1-9,16H,10-12H2,(H,21,23)(H3,20,22,24). The van der Waals surface area contributed by atoms with Gasteiger partial charge < -0.3 is 16.4 Å². The van der Waals surface area contributed by atoms with Crippen LogP contribution in [0.5, 0.6) is 0 Å². The first-order valence-electron chi connectivity index (χ1n) is 7.66. The Kier molecular flexibility index (Phi) is 6.31. The Bertz CT molecular complexity index is 674. The van der Waals surface area contributed by atoms with Crippen LogP contribution in [0.2, 0.25) is 0 Å². The highest BCUT2D eigenvalue weighted by Gasteiger charge is 2.19. The molecule has 0 aliphatic rings. The fourth-order valence-electron chi connectivity index (χ4n) is 2.34. The molecule has 24 heavy (non-hydrogen) atoms. The molecule has 1 unspecified atom stereocenters. The molecule has 0 aliphatic heterocycles. The van der Waals surface area contributed by atoms with Crippen LogP contribution in [0, 0.1) is 5.82 Å². The zero-order valence-corrected chi connectivity index (χ0v) is 13.2. The molecule has 0 saturated heterocycles. The molecule has 3 amide bonds. The summed E-state index contributed by atoms with van der Waals surface area (Å²) < 4.78 is 12.8. The van der Waals surface area contributed by atoms with Gasteiger partial charge in [0.2, 0.25) is 5.91 Å². The maximum absolute atomic E-state index is 12.8. The highest BCUT2D eigenvalue weighted by molar-refractivity contribution is 5.86. The van der Waals surface area contributed by atoms with Gasteiger partial charge in [-0.25, -0.2) is 9.18 Å². The first-order chi connectivity index (χ1) is 11.5. The first kappa shape index (κ1) is 17.5. The van der Waals surface area contributed by atoms with Crippen LogP contribution in [0.1, 0.15) is 11.1 Å². The first-order valence-corrected chi connectivity index (χ1v) is 7.66. The number of carbonyl (C=O) groups excluding carboxylic acids is 2. The molecule has 0 bridgehead atoms. The van der Waals surface area contributed by atoms with Gasteiger partial charge in [-0.2, -0.15) is 0 Å². The maximum atomic E-state index is 12.8. The second-order valence-electron chi connectivity index (χ2n) is 5.42. The van der Waals surface area contributed by atoms with E-state index in [9.17, 15) is 14.0 Å². The van der Waals surface area contributed by atoms with Crippen molar-refractivity contribution in [2.45, 2.75) is 18.9 Å². The van der Waals surface area contributed by atoms with Crippen molar-refractivity contribution in [3.05, 3.63) is 71.5 Å². The monoisotopic (exact) mass is 329 g/mol. The maximum Gasteiger partial charge on any atom is 0.312 e. The van der Waals surface area contributed by atoms with Crippen LogP contribution in [0.3, 0.4) is 0 Å². The molecular formula is C18H20FN3O2. The van der Waals surface area contributed by atoms with Gasteiger partial charge in [-0.05, 0) is 29.7 Å². The summed E-state index contributed by atoms with van der Waals surface area (Å²) in [6.45, 7) is 0.385. The van der Waals surface area contributed by atoms with Crippen molar-refractivity contribution >= 4 is 11.9 Å². The molecule has 4 N–H and O–H groups in total. The number of hydrogen-bond acceptors (Lipinski definition) is 2. The van der Waals surface area contributed by atoms with E-state index >= 15 is 0 Å². The van der Waals surface area contributed by atoms with E-state index in [0.29, 0.717) is 19.4 Å². The molecule has 2 rings (SSSR count). The minimum Gasteiger partial charge on any atom is -0.354 e. The van der Waals surface area contributed by atoms with Crippen LogP contribution < -0.4 is 16.4 Å². The molecule has 0 heterocycles. The summed E-state index contributed by atoms with van der Waals surface area (Å²) >= 11 is 0. The van der Waals surface area contributed by atoms with Crippen LogP contribution >= 0.6 is 0 Å². The van der Waals surface area contributed by atoms with Crippen LogP contribution in [-0.2, 0) is 17.6 Å². The smallest absolute Gasteiger partial charge is 0.312 e. The second-order valence-corrected chi connectivity index (χ2v) is 5.42. The molecule has 0 fully saturated rings. The van der Waals surface area contributed by atoms with Crippen LogP contribution in [0.4, 0.5) is 9.18 Å². The summed E-state index contributed by atoms with van der Waals surface area (Å²) in [6.07, 6.45) is 0.923. The summed E-state index contributed by atoms with van der Waals surface area (Å²) in [4.78, 5) is 23.4. The van der Waals surface area contributed by atoms with E-state index in [1.54, 1.807) is 12.1 Å². The lowest BCUT2D eigenvalue weighted by Crippen LogP contribution is -2.50. The summed E-state index contributed by atoms with van der Waals surface area (Å²) in [5, 5.41) is 5.23. The Morgan fingerprint density at radius 2 is 1.67 bits per heavy atom. The average Bonchev–Trinajstić information content (AvgIpc) is 2.56. The number of nitrogens with two attached hydrogens (primary N) is 1. The van der Waals surface area contributed by atoms with Crippen molar-refractivity contribution in [3.63, 3.8) is 0 Å². The molecule has 0 saturated carbocycles. The molecule has 6 heteroatoms. The topological polar surface area (TPSA) is 84.2 Å². The number of urea groups is 1. The van der Waals surface area contributed by atoms with Gasteiger partial charge in [0.15, 0.2) is 0 Å².